The van der Waals surface area contributed by atoms with Gasteiger partial charge in [-0.1, -0.05) is 66.0 Å². The zero-order chi connectivity index (χ0) is 20.9. The topological polar surface area (TPSA) is 66.8 Å². The first-order valence-corrected chi connectivity index (χ1v) is 11.4. The monoisotopic (exact) mass is 394 g/mol. The van der Waals surface area contributed by atoms with E-state index in [9.17, 15) is 9.90 Å². The standard InChI is InChI=1S/C24H42O4/c1-6-7-13-24(4,5)22(25)12-11-19-17(3)14-21-20(19)15-18(28-21)10-8-9-16(2)23(26)27/h11-12,16-22,25H,6-10,13-15H2,1-5H3,(H,26,27)/t16?,17-,18+,19-,20-,21+,22-/m1/s1. The van der Waals surface area contributed by atoms with E-state index in [1.165, 1.54) is 0 Å². The van der Waals surface area contributed by atoms with Crippen LogP contribution in [0.15, 0.2) is 12.2 Å². The van der Waals surface area contributed by atoms with Crippen LogP contribution >= 0.6 is 0 Å². The molecule has 1 saturated carbocycles. The predicted molar refractivity (Wildman–Crippen MR) is 113 cm³/mol. The van der Waals surface area contributed by atoms with Gasteiger partial charge in [-0.3, -0.25) is 4.79 Å². The lowest BCUT2D eigenvalue weighted by Crippen LogP contribution is -2.28. The third-order valence-electron chi connectivity index (χ3n) is 7.21. The van der Waals surface area contributed by atoms with E-state index >= 15 is 0 Å². The Hall–Kier alpha value is -0.870. The van der Waals surface area contributed by atoms with Gasteiger partial charge in [-0.2, -0.15) is 0 Å². The van der Waals surface area contributed by atoms with Crippen LogP contribution in [0.25, 0.3) is 0 Å². The lowest BCUT2D eigenvalue weighted by atomic mass is 9.80. The highest BCUT2D eigenvalue weighted by Gasteiger charge is 2.46. The molecule has 0 radical (unpaired) electrons. The van der Waals surface area contributed by atoms with Gasteiger partial charge < -0.3 is 14.9 Å². The van der Waals surface area contributed by atoms with Crippen molar-refractivity contribution >= 4 is 5.97 Å². The molecule has 0 aromatic carbocycles. The maximum absolute atomic E-state index is 11.0. The molecule has 28 heavy (non-hydrogen) atoms. The van der Waals surface area contributed by atoms with Crippen LogP contribution in [-0.4, -0.2) is 34.5 Å². The van der Waals surface area contributed by atoms with E-state index in [0.717, 1.165) is 51.4 Å². The van der Waals surface area contributed by atoms with Crippen molar-refractivity contribution in [2.24, 2.45) is 29.1 Å². The number of rotatable bonds is 11. The molecule has 0 bridgehead atoms. The van der Waals surface area contributed by atoms with Crippen molar-refractivity contribution in [3.05, 3.63) is 12.2 Å². The number of unbranched alkanes of at least 4 members (excludes halogenated alkanes) is 1. The van der Waals surface area contributed by atoms with Crippen molar-refractivity contribution in [2.75, 3.05) is 0 Å². The number of carbonyl (C=O) groups is 1. The molecule has 1 unspecified atom stereocenters. The molecule has 2 rings (SSSR count). The molecule has 0 amide bonds. The first-order chi connectivity index (χ1) is 13.2. The van der Waals surface area contributed by atoms with Gasteiger partial charge in [-0.25, -0.2) is 0 Å². The van der Waals surface area contributed by atoms with Crippen LogP contribution < -0.4 is 0 Å². The van der Waals surface area contributed by atoms with Crippen molar-refractivity contribution in [1.29, 1.82) is 0 Å². The number of allylic oxidation sites excluding steroid dienone is 1. The third-order valence-corrected chi connectivity index (χ3v) is 7.21. The van der Waals surface area contributed by atoms with E-state index < -0.39 is 12.1 Å². The molecule has 4 nitrogen and oxygen atoms in total. The Morgan fingerprint density at radius 3 is 2.64 bits per heavy atom. The number of aliphatic carboxylic acids is 1. The summed E-state index contributed by atoms with van der Waals surface area (Å²) in [6, 6.07) is 0. The van der Waals surface area contributed by atoms with Crippen molar-refractivity contribution < 1.29 is 19.7 Å². The van der Waals surface area contributed by atoms with E-state index in [2.05, 4.69) is 33.8 Å². The average Bonchev–Trinajstić information content (AvgIpc) is 3.14. The molecule has 0 spiro atoms. The number of ether oxygens (including phenoxy) is 1. The van der Waals surface area contributed by atoms with E-state index in [4.69, 9.17) is 9.84 Å². The summed E-state index contributed by atoms with van der Waals surface area (Å²) < 4.78 is 6.31. The van der Waals surface area contributed by atoms with Crippen molar-refractivity contribution in [3.63, 3.8) is 0 Å². The minimum atomic E-state index is -0.705. The van der Waals surface area contributed by atoms with Gasteiger partial charge in [0.15, 0.2) is 0 Å². The smallest absolute Gasteiger partial charge is 0.306 e. The lowest BCUT2D eigenvalue weighted by Gasteiger charge is -2.29. The first kappa shape index (κ1) is 23.4. The fourth-order valence-electron chi connectivity index (χ4n) is 5.01. The van der Waals surface area contributed by atoms with Crippen LogP contribution in [0, 0.1) is 29.1 Å². The van der Waals surface area contributed by atoms with Crippen LogP contribution in [0.4, 0.5) is 0 Å². The van der Waals surface area contributed by atoms with Crippen molar-refractivity contribution in [3.8, 4) is 0 Å². The Morgan fingerprint density at radius 2 is 2.00 bits per heavy atom. The fraction of sp³-hybridized carbons (Fsp3) is 0.875. The Bertz CT molecular complexity index is 527. The second-order valence-electron chi connectivity index (χ2n) is 10.1. The number of carboxylic acid groups (broad SMARTS) is 1. The molecule has 2 fully saturated rings. The fourth-order valence-corrected chi connectivity index (χ4v) is 5.01. The van der Waals surface area contributed by atoms with E-state index in [0.29, 0.717) is 23.9 Å². The SMILES string of the molecule is CCCCC(C)(C)[C@H](O)C=C[C@H]1[C@H]2C[C@H](CCCC(C)C(=O)O)O[C@H]2C[C@H]1C. The van der Waals surface area contributed by atoms with E-state index in [1.54, 1.807) is 6.92 Å². The first-order valence-electron chi connectivity index (χ1n) is 11.4. The summed E-state index contributed by atoms with van der Waals surface area (Å²) in [4.78, 5) is 11.0. The zero-order valence-electron chi connectivity index (χ0n) is 18.6. The second kappa shape index (κ2) is 10.2. The van der Waals surface area contributed by atoms with Gasteiger partial charge in [0.25, 0.3) is 0 Å². The van der Waals surface area contributed by atoms with Gasteiger partial charge in [-0.05, 0) is 55.3 Å². The van der Waals surface area contributed by atoms with Gasteiger partial charge >= 0.3 is 5.97 Å². The predicted octanol–water partition coefficient (Wildman–Crippen LogP) is 5.44. The summed E-state index contributed by atoms with van der Waals surface area (Å²) in [7, 11) is 0. The lowest BCUT2D eigenvalue weighted by molar-refractivity contribution is -0.141. The van der Waals surface area contributed by atoms with Gasteiger partial charge in [0.1, 0.15) is 0 Å². The number of hydrogen-bond acceptors (Lipinski definition) is 3. The third kappa shape index (κ3) is 6.06. The maximum atomic E-state index is 11.0. The Labute approximate surface area is 171 Å². The molecular formula is C24H42O4. The number of aliphatic hydroxyl groups is 1. The summed E-state index contributed by atoms with van der Waals surface area (Å²) in [6.45, 7) is 10.6. The number of carboxylic acids is 1. The van der Waals surface area contributed by atoms with Gasteiger partial charge in [-0.15, -0.1) is 0 Å². The van der Waals surface area contributed by atoms with Crippen molar-refractivity contribution in [1.82, 2.24) is 0 Å². The summed E-state index contributed by atoms with van der Waals surface area (Å²) in [5, 5.41) is 19.7. The highest BCUT2D eigenvalue weighted by Crippen LogP contribution is 2.48. The normalized spacial score (nSPS) is 32.6. The molecule has 1 aliphatic heterocycles. The Morgan fingerprint density at radius 1 is 1.29 bits per heavy atom. The van der Waals surface area contributed by atoms with Crippen LogP contribution in [-0.2, 0) is 9.53 Å². The minimum absolute atomic E-state index is 0.0801. The molecular weight excluding hydrogens is 352 g/mol. The molecule has 7 atom stereocenters. The minimum Gasteiger partial charge on any atom is -0.481 e. The largest absolute Gasteiger partial charge is 0.481 e. The average molecular weight is 395 g/mol. The Balaban J connectivity index is 1.86. The van der Waals surface area contributed by atoms with Crippen LogP contribution in [0.5, 0.6) is 0 Å². The highest BCUT2D eigenvalue weighted by molar-refractivity contribution is 5.69. The van der Waals surface area contributed by atoms with E-state index in [-0.39, 0.29) is 17.4 Å². The Kier molecular flexibility index (Phi) is 8.57. The van der Waals surface area contributed by atoms with Gasteiger partial charge in [0.05, 0.1) is 24.2 Å². The molecule has 162 valence electrons. The van der Waals surface area contributed by atoms with Crippen molar-refractivity contribution in [2.45, 2.75) is 104 Å². The maximum Gasteiger partial charge on any atom is 0.306 e. The number of aliphatic hydroxyl groups excluding tert-OH is 1. The second-order valence-corrected chi connectivity index (χ2v) is 10.1. The molecule has 1 aliphatic carbocycles. The quantitative estimate of drug-likeness (QED) is 0.458. The number of fused-ring (bicyclic) bond motifs is 1. The molecule has 0 aromatic rings. The molecule has 2 aliphatic rings. The highest BCUT2D eigenvalue weighted by atomic mass is 16.5. The number of hydrogen-bond donors (Lipinski definition) is 2. The summed E-state index contributed by atoms with van der Waals surface area (Å²) in [5.74, 6) is 0.631. The van der Waals surface area contributed by atoms with Crippen LogP contribution in [0.1, 0.15) is 86.0 Å². The molecule has 4 heteroatoms. The summed E-state index contributed by atoms with van der Waals surface area (Å²) in [6.07, 6.45) is 12.6. The van der Waals surface area contributed by atoms with Gasteiger partial charge in [0.2, 0.25) is 0 Å². The summed E-state index contributed by atoms with van der Waals surface area (Å²) >= 11 is 0. The van der Waals surface area contributed by atoms with Crippen LogP contribution in [0.2, 0.25) is 0 Å². The van der Waals surface area contributed by atoms with E-state index in [1.807, 2.05) is 6.08 Å². The molecule has 2 N–H and O–H groups in total. The summed E-state index contributed by atoms with van der Waals surface area (Å²) in [5.41, 5.74) is -0.0801. The molecule has 1 heterocycles. The van der Waals surface area contributed by atoms with Gasteiger partial charge in [0, 0.05) is 0 Å². The molecule has 1 saturated heterocycles. The molecule has 0 aromatic heterocycles. The van der Waals surface area contributed by atoms with Crippen LogP contribution in [0.3, 0.4) is 0 Å². The zero-order valence-corrected chi connectivity index (χ0v) is 18.6.